The first-order chi connectivity index (χ1) is 15.9. The lowest BCUT2D eigenvalue weighted by Gasteiger charge is -2.15. The van der Waals surface area contributed by atoms with Crippen molar-refractivity contribution >= 4 is 32.9 Å². The molecule has 0 heterocycles. The molecule has 0 aromatic heterocycles. The summed E-state index contributed by atoms with van der Waals surface area (Å²) in [5.41, 5.74) is 3.18. The molecular weight excluding hydrogens is 440 g/mol. The molecule has 1 aliphatic rings. The average molecular weight is 463 g/mol. The summed E-state index contributed by atoms with van der Waals surface area (Å²) in [6, 6.07) is 16.0. The minimum absolute atomic E-state index is 0.0133. The number of hydrazone groups is 1. The zero-order valence-corrected chi connectivity index (χ0v) is 18.5. The summed E-state index contributed by atoms with van der Waals surface area (Å²) in [6.45, 7) is 0. The lowest BCUT2D eigenvalue weighted by molar-refractivity contribution is 0.0955. The van der Waals surface area contributed by atoms with E-state index >= 15 is 0 Å². The van der Waals surface area contributed by atoms with Crippen LogP contribution in [-0.4, -0.2) is 31.7 Å². The van der Waals surface area contributed by atoms with Crippen molar-refractivity contribution in [1.82, 2.24) is 10.1 Å². The number of carbonyl (C=O) groups excluding carboxylic acids is 1. The van der Waals surface area contributed by atoms with Gasteiger partial charge in [0.25, 0.3) is 5.91 Å². The Morgan fingerprint density at radius 3 is 2.55 bits per heavy atom. The quantitative estimate of drug-likeness (QED) is 0.382. The predicted molar refractivity (Wildman–Crippen MR) is 124 cm³/mol. The molecule has 3 N–H and O–H groups in total. The maximum atomic E-state index is 13.0. The molecule has 3 aromatic rings. The Morgan fingerprint density at radius 2 is 1.82 bits per heavy atom. The number of rotatable bonds is 6. The Balaban J connectivity index is 1.58. The van der Waals surface area contributed by atoms with E-state index in [2.05, 4.69) is 15.2 Å². The van der Waals surface area contributed by atoms with E-state index in [1.165, 1.54) is 24.4 Å². The number of sulfonamides is 1. The standard InChI is InChI=1S/C24H22N4O4S/c25-14-18-13-16(9-11-22(18)29)24(30)27-26-15-17-10-12-23(21-8-4-3-7-20(17)21)33(31,32)28-19-5-1-2-6-19/h3-4,7-13,15,19,28-29H,1-2,5-6H2,(H,27,30). The van der Waals surface area contributed by atoms with Crippen molar-refractivity contribution in [3.8, 4) is 11.8 Å². The molecule has 0 atom stereocenters. The van der Waals surface area contributed by atoms with E-state index in [-0.39, 0.29) is 27.8 Å². The molecule has 33 heavy (non-hydrogen) atoms. The summed E-state index contributed by atoms with van der Waals surface area (Å²) in [6.07, 6.45) is 5.18. The molecule has 4 rings (SSSR count). The Kier molecular flexibility index (Phi) is 6.40. The van der Waals surface area contributed by atoms with Gasteiger partial charge in [0.05, 0.1) is 16.7 Å². The van der Waals surface area contributed by atoms with Crippen LogP contribution in [0.2, 0.25) is 0 Å². The minimum atomic E-state index is -3.68. The maximum absolute atomic E-state index is 13.0. The first kappa shape index (κ1) is 22.5. The van der Waals surface area contributed by atoms with Crippen LogP contribution in [0.1, 0.15) is 47.2 Å². The number of phenolic OH excluding ortho intramolecular Hbond substituents is 1. The van der Waals surface area contributed by atoms with Gasteiger partial charge >= 0.3 is 0 Å². The highest BCUT2D eigenvalue weighted by atomic mass is 32.2. The summed E-state index contributed by atoms with van der Waals surface area (Å²) in [7, 11) is -3.68. The number of carbonyl (C=O) groups is 1. The van der Waals surface area contributed by atoms with Crippen molar-refractivity contribution in [2.75, 3.05) is 0 Å². The maximum Gasteiger partial charge on any atom is 0.271 e. The molecule has 3 aromatic carbocycles. The third-order valence-corrected chi connectivity index (χ3v) is 7.21. The number of nitrogens with zero attached hydrogens (tertiary/aromatic N) is 2. The first-order valence-corrected chi connectivity index (χ1v) is 12.0. The van der Waals surface area contributed by atoms with Crippen LogP contribution in [-0.2, 0) is 10.0 Å². The second-order valence-corrected chi connectivity index (χ2v) is 9.53. The molecule has 0 unspecified atom stereocenters. The van der Waals surface area contributed by atoms with Gasteiger partial charge in [0.2, 0.25) is 10.0 Å². The highest BCUT2D eigenvalue weighted by molar-refractivity contribution is 7.89. The fourth-order valence-corrected chi connectivity index (χ4v) is 5.48. The molecule has 0 saturated heterocycles. The molecule has 168 valence electrons. The van der Waals surface area contributed by atoms with E-state index in [4.69, 9.17) is 5.26 Å². The van der Waals surface area contributed by atoms with E-state index in [0.717, 1.165) is 25.7 Å². The van der Waals surface area contributed by atoms with Crippen LogP contribution >= 0.6 is 0 Å². The Morgan fingerprint density at radius 1 is 1.09 bits per heavy atom. The Labute approximate surface area is 191 Å². The monoisotopic (exact) mass is 462 g/mol. The molecule has 9 heteroatoms. The zero-order valence-electron chi connectivity index (χ0n) is 17.7. The molecule has 1 fully saturated rings. The number of hydrogen-bond donors (Lipinski definition) is 3. The lowest BCUT2D eigenvalue weighted by atomic mass is 10.1. The van der Waals surface area contributed by atoms with E-state index in [0.29, 0.717) is 16.3 Å². The van der Waals surface area contributed by atoms with Gasteiger partial charge in [-0.25, -0.2) is 18.6 Å². The van der Waals surface area contributed by atoms with Gasteiger partial charge in [-0.1, -0.05) is 43.2 Å². The van der Waals surface area contributed by atoms with Gasteiger partial charge in [-0.3, -0.25) is 4.79 Å². The van der Waals surface area contributed by atoms with Gasteiger partial charge in [-0.05, 0) is 42.5 Å². The molecule has 0 radical (unpaired) electrons. The third kappa shape index (κ3) is 4.87. The highest BCUT2D eigenvalue weighted by Crippen LogP contribution is 2.27. The largest absolute Gasteiger partial charge is 0.507 e. The van der Waals surface area contributed by atoms with Crippen molar-refractivity contribution in [3.05, 3.63) is 71.3 Å². The summed E-state index contributed by atoms with van der Waals surface area (Å²) in [4.78, 5) is 12.5. The fraction of sp³-hybridized carbons (Fsp3) is 0.208. The summed E-state index contributed by atoms with van der Waals surface area (Å²) >= 11 is 0. The zero-order chi connectivity index (χ0) is 23.4. The third-order valence-electron chi connectivity index (χ3n) is 5.63. The van der Waals surface area contributed by atoms with E-state index < -0.39 is 15.9 Å². The fourth-order valence-electron chi connectivity index (χ4n) is 3.96. The molecule has 0 bridgehead atoms. The second kappa shape index (κ2) is 9.40. The number of amides is 1. The number of fused-ring (bicyclic) bond motifs is 1. The van der Waals surface area contributed by atoms with Gasteiger partial charge in [0.1, 0.15) is 11.8 Å². The van der Waals surface area contributed by atoms with Crippen LogP contribution in [0.15, 0.2) is 64.6 Å². The normalized spacial score (nSPS) is 14.5. The average Bonchev–Trinajstić information content (AvgIpc) is 3.31. The van der Waals surface area contributed by atoms with Gasteiger partial charge in [0.15, 0.2) is 0 Å². The van der Waals surface area contributed by atoms with Crippen LogP contribution in [0.25, 0.3) is 10.8 Å². The van der Waals surface area contributed by atoms with Crippen LogP contribution in [0.4, 0.5) is 0 Å². The molecule has 1 aliphatic carbocycles. The van der Waals surface area contributed by atoms with Gasteiger partial charge < -0.3 is 5.11 Å². The summed E-state index contributed by atoms with van der Waals surface area (Å²) in [5.74, 6) is -0.756. The topological polar surface area (TPSA) is 132 Å². The van der Waals surface area contributed by atoms with Crippen molar-refractivity contribution in [1.29, 1.82) is 5.26 Å². The van der Waals surface area contributed by atoms with Crippen LogP contribution < -0.4 is 10.1 Å². The van der Waals surface area contributed by atoms with Gasteiger partial charge in [-0.15, -0.1) is 0 Å². The summed E-state index contributed by atoms with van der Waals surface area (Å²) in [5, 5.41) is 23.8. The smallest absolute Gasteiger partial charge is 0.271 e. The van der Waals surface area contributed by atoms with Gasteiger partial charge in [-0.2, -0.15) is 10.4 Å². The molecule has 8 nitrogen and oxygen atoms in total. The number of nitrogens with one attached hydrogen (secondary N) is 2. The molecule has 1 amide bonds. The predicted octanol–water partition coefficient (Wildman–Crippen LogP) is 3.40. The van der Waals surface area contributed by atoms with Crippen molar-refractivity contribution < 1.29 is 18.3 Å². The van der Waals surface area contributed by atoms with Crippen LogP contribution in [0.5, 0.6) is 5.75 Å². The van der Waals surface area contributed by atoms with E-state index in [1.54, 1.807) is 36.4 Å². The number of aromatic hydroxyl groups is 1. The molecule has 0 aliphatic heterocycles. The summed E-state index contributed by atoms with van der Waals surface area (Å²) < 4.78 is 28.8. The van der Waals surface area contributed by atoms with Crippen LogP contribution in [0.3, 0.4) is 0 Å². The Hall–Kier alpha value is -3.74. The lowest BCUT2D eigenvalue weighted by Crippen LogP contribution is -2.32. The number of phenols is 1. The van der Waals surface area contributed by atoms with E-state index in [9.17, 15) is 18.3 Å². The number of benzene rings is 3. The minimum Gasteiger partial charge on any atom is -0.507 e. The highest BCUT2D eigenvalue weighted by Gasteiger charge is 2.24. The van der Waals surface area contributed by atoms with Crippen LogP contribution in [0, 0.1) is 11.3 Å². The molecule has 0 spiro atoms. The Bertz CT molecular complexity index is 1390. The van der Waals surface area contributed by atoms with Gasteiger partial charge in [0, 0.05) is 22.6 Å². The van der Waals surface area contributed by atoms with Crippen molar-refractivity contribution in [2.24, 2.45) is 5.10 Å². The second-order valence-electron chi connectivity index (χ2n) is 7.84. The van der Waals surface area contributed by atoms with Crippen molar-refractivity contribution in [3.63, 3.8) is 0 Å². The first-order valence-electron chi connectivity index (χ1n) is 10.5. The number of hydrogen-bond acceptors (Lipinski definition) is 6. The molecular formula is C24H22N4O4S. The van der Waals surface area contributed by atoms with Crippen molar-refractivity contribution in [2.45, 2.75) is 36.6 Å². The van der Waals surface area contributed by atoms with E-state index in [1.807, 2.05) is 6.07 Å². The molecule has 1 saturated carbocycles. The SMILES string of the molecule is N#Cc1cc(C(=O)NN=Cc2ccc(S(=O)(=O)NC3CCCC3)c3ccccc23)ccc1O. The number of nitriles is 1.